The van der Waals surface area contributed by atoms with Crippen molar-refractivity contribution in [3.05, 3.63) is 46.5 Å². The van der Waals surface area contributed by atoms with Gasteiger partial charge < -0.3 is 15.8 Å². The molecule has 26 heavy (non-hydrogen) atoms. The Balaban J connectivity index is 1.68. The van der Waals surface area contributed by atoms with Crippen molar-refractivity contribution < 1.29 is 13.9 Å². The highest BCUT2D eigenvalue weighted by Crippen LogP contribution is 2.34. The number of rotatable bonds is 3. The zero-order chi connectivity index (χ0) is 18.3. The maximum absolute atomic E-state index is 13.8. The van der Waals surface area contributed by atoms with Gasteiger partial charge in [0.2, 0.25) is 5.95 Å². The van der Waals surface area contributed by atoms with Crippen molar-refractivity contribution in [1.82, 2.24) is 15.3 Å². The summed E-state index contributed by atoms with van der Waals surface area (Å²) in [4.78, 5) is 20.9. The van der Waals surface area contributed by atoms with Crippen LogP contribution in [0.5, 0.6) is 5.75 Å². The molecule has 0 saturated heterocycles. The number of carbonyl (C=O) groups is 1. The minimum atomic E-state index is -0.355. The van der Waals surface area contributed by atoms with Crippen molar-refractivity contribution in [2.75, 3.05) is 5.73 Å². The third-order valence-corrected chi connectivity index (χ3v) is 5.06. The maximum atomic E-state index is 13.8. The number of ether oxygens (including phenoxy) is 1. The molecule has 1 fully saturated rings. The number of halogens is 1. The number of carbonyl (C=O) groups excluding carboxylic acids is 1. The number of aromatic nitrogens is 2. The van der Waals surface area contributed by atoms with E-state index in [0.29, 0.717) is 29.1 Å². The Labute approximate surface area is 151 Å². The van der Waals surface area contributed by atoms with E-state index < -0.39 is 0 Å². The van der Waals surface area contributed by atoms with E-state index in [1.165, 1.54) is 12.1 Å². The van der Waals surface area contributed by atoms with Gasteiger partial charge in [0.1, 0.15) is 11.6 Å². The number of fused-ring (bicyclic) bond motifs is 1. The van der Waals surface area contributed by atoms with Gasteiger partial charge in [-0.25, -0.2) is 14.4 Å². The van der Waals surface area contributed by atoms with E-state index in [2.05, 4.69) is 15.3 Å². The average molecular weight is 356 g/mol. The minimum absolute atomic E-state index is 0.0994. The zero-order valence-corrected chi connectivity index (χ0v) is 14.6. The lowest BCUT2D eigenvalue weighted by atomic mass is 9.93. The molecular formula is C19H21FN4O2. The van der Waals surface area contributed by atoms with Crippen molar-refractivity contribution in [2.24, 2.45) is 0 Å². The summed E-state index contributed by atoms with van der Waals surface area (Å²) < 4.78 is 19.9. The van der Waals surface area contributed by atoms with Crippen molar-refractivity contribution in [3.8, 4) is 5.75 Å². The summed E-state index contributed by atoms with van der Waals surface area (Å²) in [6.07, 6.45) is 4.75. The van der Waals surface area contributed by atoms with Crippen molar-refractivity contribution >= 4 is 11.9 Å². The fourth-order valence-electron chi connectivity index (χ4n) is 3.85. The lowest BCUT2D eigenvalue weighted by molar-refractivity contribution is 0.0921. The monoisotopic (exact) mass is 356 g/mol. The molecule has 136 valence electrons. The average Bonchev–Trinajstić information content (AvgIpc) is 3.06. The highest BCUT2D eigenvalue weighted by atomic mass is 19.1. The summed E-state index contributed by atoms with van der Waals surface area (Å²) in [5, 5.41) is 2.97. The molecule has 1 aromatic carbocycles. The molecule has 3 N–H and O–H groups in total. The number of nitrogen functional groups attached to an aromatic ring is 1. The molecule has 7 heteroatoms. The molecule has 6 nitrogen and oxygen atoms in total. The van der Waals surface area contributed by atoms with Crippen molar-refractivity contribution in [1.29, 1.82) is 0 Å². The van der Waals surface area contributed by atoms with Crippen LogP contribution in [0.3, 0.4) is 0 Å². The van der Waals surface area contributed by atoms with Gasteiger partial charge in [0.15, 0.2) is 0 Å². The first-order valence-corrected chi connectivity index (χ1v) is 8.91. The number of nitrogens with one attached hydrogen (secondary N) is 1. The molecule has 0 radical (unpaired) electrons. The van der Waals surface area contributed by atoms with E-state index >= 15 is 0 Å². The fourth-order valence-corrected chi connectivity index (χ4v) is 3.85. The SMILES string of the molecule is Cc1nc(N)nc2c1C(=O)NC(c1ccc(F)cc1OC1CCCC1)C2. The van der Waals surface area contributed by atoms with Crippen molar-refractivity contribution in [3.63, 3.8) is 0 Å². The second kappa shape index (κ2) is 6.55. The van der Waals surface area contributed by atoms with Crippen LogP contribution in [0.15, 0.2) is 18.2 Å². The van der Waals surface area contributed by atoms with E-state index in [-0.39, 0.29) is 29.8 Å². The number of hydrogen-bond donors (Lipinski definition) is 2. The molecule has 1 unspecified atom stereocenters. The molecule has 1 saturated carbocycles. The van der Waals surface area contributed by atoms with Gasteiger partial charge in [0.05, 0.1) is 29.1 Å². The van der Waals surface area contributed by atoms with Crippen LogP contribution in [0.2, 0.25) is 0 Å². The van der Waals surface area contributed by atoms with E-state index in [4.69, 9.17) is 10.5 Å². The van der Waals surface area contributed by atoms with Crippen molar-refractivity contribution in [2.45, 2.75) is 51.2 Å². The van der Waals surface area contributed by atoms with Crippen LogP contribution in [0.1, 0.15) is 59.0 Å². The predicted octanol–water partition coefficient (Wildman–Crippen LogP) is 2.85. The molecule has 2 aliphatic rings. The Morgan fingerprint density at radius 3 is 2.81 bits per heavy atom. The summed E-state index contributed by atoms with van der Waals surface area (Å²) in [5.74, 6) is 0.0391. The van der Waals surface area contributed by atoms with Crippen LogP contribution >= 0.6 is 0 Å². The van der Waals surface area contributed by atoms with Gasteiger partial charge in [-0.3, -0.25) is 4.79 Å². The van der Waals surface area contributed by atoms with Crippen LogP contribution in [0, 0.1) is 12.7 Å². The third kappa shape index (κ3) is 3.09. The molecule has 2 aromatic rings. The number of nitrogens with two attached hydrogens (primary N) is 1. The summed E-state index contributed by atoms with van der Waals surface area (Å²) in [7, 11) is 0. The molecule has 1 atom stereocenters. The van der Waals surface area contributed by atoms with Crippen LogP contribution in [0.25, 0.3) is 0 Å². The topological polar surface area (TPSA) is 90.1 Å². The Kier molecular flexibility index (Phi) is 4.22. The van der Waals surface area contributed by atoms with Gasteiger partial charge >= 0.3 is 0 Å². The lowest BCUT2D eigenvalue weighted by Gasteiger charge is -2.28. The summed E-state index contributed by atoms with van der Waals surface area (Å²) in [6.45, 7) is 1.74. The number of anilines is 1. The Bertz CT molecular complexity index is 865. The number of benzene rings is 1. The number of aryl methyl sites for hydroxylation is 1. The summed E-state index contributed by atoms with van der Waals surface area (Å²) in [6, 6.07) is 4.11. The van der Waals surface area contributed by atoms with Gasteiger partial charge in [0, 0.05) is 18.1 Å². The fraction of sp³-hybridized carbons (Fsp3) is 0.421. The predicted molar refractivity (Wildman–Crippen MR) is 94.4 cm³/mol. The van der Waals surface area contributed by atoms with E-state index in [1.54, 1.807) is 13.0 Å². The van der Waals surface area contributed by atoms with Crippen LogP contribution in [-0.4, -0.2) is 22.0 Å². The van der Waals surface area contributed by atoms with Gasteiger partial charge in [-0.2, -0.15) is 0 Å². The molecule has 1 amide bonds. The van der Waals surface area contributed by atoms with E-state index in [1.807, 2.05) is 0 Å². The Morgan fingerprint density at radius 2 is 2.04 bits per heavy atom. The maximum Gasteiger partial charge on any atom is 0.255 e. The quantitative estimate of drug-likeness (QED) is 0.883. The first-order valence-electron chi connectivity index (χ1n) is 8.91. The van der Waals surface area contributed by atoms with E-state index in [0.717, 1.165) is 31.2 Å². The molecule has 1 aromatic heterocycles. The molecule has 4 rings (SSSR count). The van der Waals surface area contributed by atoms with Gasteiger partial charge in [0.25, 0.3) is 5.91 Å². The first kappa shape index (κ1) is 16.8. The third-order valence-electron chi connectivity index (χ3n) is 5.06. The Hall–Kier alpha value is -2.70. The zero-order valence-electron chi connectivity index (χ0n) is 14.6. The minimum Gasteiger partial charge on any atom is -0.490 e. The van der Waals surface area contributed by atoms with Gasteiger partial charge in [-0.15, -0.1) is 0 Å². The Morgan fingerprint density at radius 1 is 1.27 bits per heavy atom. The molecule has 0 bridgehead atoms. The second-order valence-electron chi connectivity index (χ2n) is 6.93. The largest absolute Gasteiger partial charge is 0.490 e. The summed E-state index contributed by atoms with van der Waals surface area (Å²) >= 11 is 0. The summed E-state index contributed by atoms with van der Waals surface area (Å²) in [5.41, 5.74) is 8.14. The lowest BCUT2D eigenvalue weighted by Crippen LogP contribution is -2.37. The molecular weight excluding hydrogens is 335 g/mol. The molecule has 0 spiro atoms. The normalized spacial score (nSPS) is 19.9. The van der Waals surface area contributed by atoms with Gasteiger partial charge in [-0.05, 0) is 38.7 Å². The van der Waals surface area contributed by atoms with Crippen LogP contribution < -0.4 is 15.8 Å². The number of nitrogens with zero attached hydrogens (tertiary/aromatic N) is 2. The van der Waals surface area contributed by atoms with Crippen LogP contribution in [-0.2, 0) is 6.42 Å². The standard InChI is InChI=1S/C19H21FN4O2/c1-10-17-15(24-19(21)22-10)9-14(23-18(17)25)13-7-6-11(20)8-16(13)26-12-4-2-3-5-12/h6-8,12,14H,2-5,9H2,1H3,(H,23,25)(H2,21,22,24). The van der Waals surface area contributed by atoms with Crippen LogP contribution in [0.4, 0.5) is 10.3 Å². The highest BCUT2D eigenvalue weighted by molar-refractivity contribution is 5.97. The highest BCUT2D eigenvalue weighted by Gasteiger charge is 2.31. The first-order chi connectivity index (χ1) is 12.5. The van der Waals surface area contributed by atoms with Gasteiger partial charge in [-0.1, -0.05) is 6.07 Å². The second-order valence-corrected chi connectivity index (χ2v) is 6.93. The number of amides is 1. The molecule has 1 aliphatic heterocycles. The smallest absolute Gasteiger partial charge is 0.255 e. The van der Waals surface area contributed by atoms with E-state index in [9.17, 15) is 9.18 Å². The molecule has 1 aliphatic carbocycles. The number of hydrogen-bond acceptors (Lipinski definition) is 5. The molecule has 2 heterocycles.